The maximum atomic E-state index is 6.59. The number of fused-ring (bicyclic) bond motifs is 2. The van der Waals surface area contributed by atoms with E-state index in [2.05, 4.69) is 67.5 Å². The minimum atomic E-state index is 0.133. The molecule has 0 heterocycles. The maximum absolute atomic E-state index is 6.59. The minimum absolute atomic E-state index is 0.133. The lowest BCUT2D eigenvalue weighted by Crippen LogP contribution is -2.08. The van der Waals surface area contributed by atoms with Crippen molar-refractivity contribution in [1.82, 2.24) is 0 Å². The van der Waals surface area contributed by atoms with Gasteiger partial charge in [-0.1, -0.05) is 105 Å². The molecule has 0 fully saturated rings. The van der Waals surface area contributed by atoms with Crippen LogP contribution in [-0.2, 0) is 0 Å². The summed E-state index contributed by atoms with van der Waals surface area (Å²) in [6.07, 6.45) is 15.7. The number of hydrogen-bond donors (Lipinski definition) is 0. The van der Waals surface area contributed by atoms with Crippen LogP contribution < -0.4 is 28.4 Å². The summed E-state index contributed by atoms with van der Waals surface area (Å²) < 4.78 is 37.9. The van der Waals surface area contributed by atoms with Crippen molar-refractivity contribution in [3.63, 3.8) is 0 Å². The highest BCUT2D eigenvalue weighted by molar-refractivity contribution is 6.15. The van der Waals surface area contributed by atoms with Gasteiger partial charge in [0.25, 0.3) is 0 Å². The van der Waals surface area contributed by atoms with Gasteiger partial charge in [0.15, 0.2) is 23.0 Å². The van der Waals surface area contributed by atoms with Gasteiger partial charge in [-0.3, -0.25) is 9.98 Å². The summed E-state index contributed by atoms with van der Waals surface area (Å²) >= 11 is 0. The van der Waals surface area contributed by atoms with Gasteiger partial charge in [-0.2, -0.15) is 0 Å². The van der Waals surface area contributed by atoms with Crippen molar-refractivity contribution in [2.75, 3.05) is 55.7 Å². The van der Waals surface area contributed by atoms with E-state index in [1.807, 2.05) is 12.4 Å². The van der Waals surface area contributed by atoms with Crippen molar-refractivity contribution in [2.24, 2.45) is 9.98 Å². The van der Waals surface area contributed by atoms with Crippen LogP contribution in [0.3, 0.4) is 0 Å². The third-order valence-electron chi connectivity index (χ3n) is 11.3. The van der Waals surface area contributed by atoms with Crippen LogP contribution >= 0.6 is 0 Å². The van der Waals surface area contributed by atoms with Crippen LogP contribution in [0.5, 0.6) is 34.5 Å². The van der Waals surface area contributed by atoms with E-state index in [9.17, 15) is 0 Å². The van der Waals surface area contributed by atoms with Gasteiger partial charge < -0.3 is 28.4 Å². The molecule has 0 saturated carbocycles. The molecule has 4 rings (SSSR count). The smallest absolute Gasteiger partial charge is 0.170 e. The summed E-state index contributed by atoms with van der Waals surface area (Å²) in [5.41, 5.74) is 7.78. The Morgan fingerprint density at radius 2 is 0.793 bits per heavy atom. The molecule has 0 saturated heterocycles. The fourth-order valence-corrected chi connectivity index (χ4v) is 8.65. The molecule has 4 aromatic rings. The number of unbranched alkanes of at least 4 members (excludes halogenated alkanes) is 8. The van der Waals surface area contributed by atoms with E-state index in [0.717, 1.165) is 128 Å². The van der Waals surface area contributed by atoms with Crippen LogP contribution in [0.25, 0.3) is 32.7 Å². The van der Waals surface area contributed by atoms with Crippen molar-refractivity contribution in [2.45, 2.75) is 131 Å². The number of rotatable bonds is 23. The molecular weight excluding hydrogens is 725 g/mol. The summed E-state index contributed by atoms with van der Waals surface area (Å²) in [6, 6.07) is 4.54. The molecule has 58 heavy (non-hydrogen) atoms. The fraction of sp³-hybridized carbons (Fsp3) is 0.560. The second-order valence-electron chi connectivity index (χ2n) is 16.0. The second kappa shape index (κ2) is 22.1. The van der Waals surface area contributed by atoms with Gasteiger partial charge in [-0.25, -0.2) is 0 Å². The molecule has 0 amide bonds. The molecule has 318 valence electrons. The highest BCUT2D eigenvalue weighted by Gasteiger charge is 2.31. The summed E-state index contributed by atoms with van der Waals surface area (Å²) in [5, 5.41) is 3.96. The molecule has 0 aliphatic rings. The van der Waals surface area contributed by atoms with Gasteiger partial charge >= 0.3 is 0 Å². The zero-order valence-electron chi connectivity index (χ0n) is 38.3. The summed E-state index contributed by atoms with van der Waals surface area (Å²) in [6.45, 7) is 19.0. The predicted molar refractivity (Wildman–Crippen MR) is 246 cm³/mol. The standard InChI is InChI=1S/C50H72N2O6/c1-15-17-19-21-23-25-51-29-37-43-35(39(31(3)4)49(57-13)45(37)53-9)27-33(7)41(47(43)55-11)42-34(8)28-36-40(32(5)6)50(58-14)46(54-10)38(44(36)48(42)56-12)30-52-26-24-22-20-18-16-2/h27-32H,15-26H2,1-14H3. The van der Waals surface area contributed by atoms with Gasteiger partial charge in [0.2, 0.25) is 0 Å². The predicted octanol–water partition coefficient (Wildman–Crippen LogP) is 13.4. The molecule has 4 aromatic carbocycles. The van der Waals surface area contributed by atoms with Crippen LogP contribution in [0.15, 0.2) is 22.1 Å². The minimum Gasteiger partial charge on any atom is -0.495 e. The monoisotopic (exact) mass is 797 g/mol. The molecule has 0 spiro atoms. The van der Waals surface area contributed by atoms with Crippen molar-refractivity contribution in [1.29, 1.82) is 0 Å². The molecule has 0 aromatic heterocycles. The van der Waals surface area contributed by atoms with Crippen LogP contribution in [-0.4, -0.2) is 68.2 Å². The van der Waals surface area contributed by atoms with E-state index < -0.39 is 0 Å². The Morgan fingerprint density at radius 3 is 1.09 bits per heavy atom. The number of hydrogen-bond acceptors (Lipinski definition) is 8. The first-order chi connectivity index (χ1) is 28.0. The molecule has 0 aliphatic carbocycles. The van der Waals surface area contributed by atoms with Crippen LogP contribution in [0.1, 0.15) is 151 Å². The number of ether oxygens (including phenoxy) is 6. The van der Waals surface area contributed by atoms with Crippen LogP contribution in [0.2, 0.25) is 0 Å². The lowest BCUT2D eigenvalue weighted by molar-refractivity contribution is 0.351. The largest absolute Gasteiger partial charge is 0.495 e. The van der Waals surface area contributed by atoms with E-state index in [-0.39, 0.29) is 11.8 Å². The van der Waals surface area contributed by atoms with Crippen LogP contribution in [0.4, 0.5) is 0 Å². The average Bonchev–Trinajstić information content (AvgIpc) is 3.20. The molecule has 0 unspecified atom stereocenters. The number of aliphatic imine (C=N–C) groups is 2. The number of nitrogens with zero attached hydrogens (tertiary/aromatic N) is 2. The van der Waals surface area contributed by atoms with Crippen LogP contribution in [0, 0.1) is 13.8 Å². The lowest BCUT2D eigenvalue weighted by Gasteiger charge is -2.27. The average molecular weight is 797 g/mol. The Kier molecular flexibility index (Phi) is 17.6. The van der Waals surface area contributed by atoms with E-state index in [0.29, 0.717) is 11.5 Å². The summed E-state index contributed by atoms with van der Waals surface area (Å²) in [7, 11) is 10.4. The van der Waals surface area contributed by atoms with E-state index in [4.69, 9.17) is 38.4 Å². The van der Waals surface area contributed by atoms with Gasteiger partial charge in [0.05, 0.1) is 42.7 Å². The highest BCUT2D eigenvalue weighted by atomic mass is 16.5. The quantitative estimate of drug-likeness (QED) is 0.0549. The number of benzene rings is 4. The second-order valence-corrected chi connectivity index (χ2v) is 16.0. The first-order valence-corrected chi connectivity index (χ1v) is 21.6. The summed E-state index contributed by atoms with van der Waals surface area (Å²) in [5.74, 6) is 4.47. The normalized spacial score (nSPS) is 11.9. The molecule has 8 heteroatoms. The Morgan fingerprint density at radius 1 is 0.466 bits per heavy atom. The molecule has 0 atom stereocenters. The number of aryl methyl sites for hydroxylation is 2. The van der Waals surface area contributed by atoms with E-state index in [1.54, 1.807) is 42.7 Å². The van der Waals surface area contributed by atoms with Gasteiger partial charge in [0, 0.05) is 69.7 Å². The highest BCUT2D eigenvalue weighted by Crippen LogP contribution is 2.55. The van der Waals surface area contributed by atoms with Crippen molar-refractivity contribution < 1.29 is 28.4 Å². The zero-order chi connectivity index (χ0) is 42.5. The Balaban J connectivity index is 2.18. The van der Waals surface area contributed by atoms with Gasteiger partial charge in [-0.15, -0.1) is 0 Å². The summed E-state index contributed by atoms with van der Waals surface area (Å²) in [4.78, 5) is 9.98. The Bertz CT molecular complexity index is 1920. The molecule has 0 aliphatic heterocycles. The van der Waals surface area contributed by atoms with Crippen molar-refractivity contribution in [3.05, 3.63) is 45.5 Å². The van der Waals surface area contributed by atoms with Gasteiger partial charge in [-0.05, 0) is 60.4 Å². The van der Waals surface area contributed by atoms with Gasteiger partial charge in [0.1, 0.15) is 11.5 Å². The molecular formula is C50H72N2O6. The lowest BCUT2D eigenvalue weighted by atomic mass is 9.83. The molecule has 0 bridgehead atoms. The first-order valence-electron chi connectivity index (χ1n) is 21.6. The first kappa shape index (κ1) is 46.2. The van der Waals surface area contributed by atoms with Crippen molar-refractivity contribution in [3.8, 4) is 45.6 Å². The number of methoxy groups -OCH3 is 6. The third-order valence-corrected chi connectivity index (χ3v) is 11.3. The zero-order valence-corrected chi connectivity index (χ0v) is 38.3. The molecule has 8 nitrogen and oxygen atoms in total. The Labute approximate surface area is 349 Å². The van der Waals surface area contributed by atoms with Crippen molar-refractivity contribution >= 4 is 34.0 Å². The van der Waals surface area contributed by atoms with E-state index >= 15 is 0 Å². The maximum Gasteiger partial charge on any atom is 0.170 e. The fourth-order valence-electron chi connectivity index (χ4n) is 8.65. The SMILES string of the molecule is CCCCCCCN=Cc1c(OC)c(OC)c(C(C)C)c2cc(C)c(-c3c(C)cc4c(C(C)C)c(OC)c(OC)c(C=NCCCCCCC)c4c3OC)c(OC)c12. The topological polar surface area (TPSA) is 80.1 Å². The Hall–Kier alpha value is -4.46. The molecule has 0 radical (unpaired) electrons. The third kappa shape index (κ3) is 9.53. The molecule has 0 N–H and O–H groups in total. The van der Waals surface area contributed by atoms with E-state index in [1.165, 1.54) is 38.5 Å².